The summed E-state index contributed by atoms with van der Waals surface area (Å²) in [5.74, 6) is 0. The van der Waals surface area contributed by atoms with E-state index in [1.165, 1.54) is 0 Å². The van der Waals surface area contributed by atoms with Crippen LogP contribution in [0.25, 0.3) is 0 Å². The number of hydrogen-bond acceptors (Lipinski definition) is 1. The van der Waals surface area contributed by atoms with E-state index in [0.717, 1.165) is 32.4 Å². The maximum absolute atomic E-state index is 5.12. The van der Waals surface area contributed by atoms with Gasteiger partial charge in [-0.1, -0.05) is 0 Å². The second-order valence-corrected chi connectivity index (χ2v) is 4.81. The van der Waals surface area contributed by atoms with Crippen molar-refractivity contribution in [2.45, 2.75) is 17.5 Å². The minimum atomic E-state index is 0.565. The third kappa shape index (κ3) is 4.88. The molecule has 1 unspecified atom stereocenters. The van der Waals surface area contributed by atoms with Crippen LogP contribution in [0.1, 0.15) is 13.8 Å². The van der Waals surface area contributed by atoms with Gasteiger partial charge in [-0.25, -0.2) is 0 Å². The van der Waals surface area contributed by atoms with Gasteiger partial charge in [0.2, 0.25) is 0 Å². The van der Waals surface area contributed by atoms with Gasteiger partial charge >= 0.3 is 54.6 Å². The molecule has 0 aromatic carbocycles. The monoisotopic (exact) mass is 282 g/mol. The fourth-order valence-electron chi connectivity index (χ4n) is 0.263. The molecule has 0 aliphatic rings. The van der Waals surface area contributed by atoms with Crippen LogP contribution in [0.15, 0.2) is 0 Å². The zero-order valence-corrected chi connectivity index (χ0v) is 8.76. The van der Waals surface area contributed by atoms with Gasteiger partial charge in [-0.05, 0) is 0 Å². The van der Waals surface area contributed by atoms with E-state index in [0.29, 0.717) is 3.66 Å². The molecular formula is C4H10OPb. The average molecular weight is 281 g/mol. The molecule has 0 N–H and O–H groups in total. The topological polar surface area (TPSA) is 9.23 Å². The van der Waals surface area contributed by atoms with E-state index < -0.39 is 0 Å². The summed E-state index contributed by atoms with van der Waals surface area (Å²) in [6.07, 6.45) is 0. The van der Waals surface area contributed by atoms with Crippen molar-refractivity contribution in [2.75, 3.05) is 6.61 Å². The molecule has 36 valence electrons. The van der Waals surface area contributed by atoms with E-state index >= 15 is 0 Å². The first kappa shape index (κ1) is 6.88. The third-order valence-corrected chi connectivity index (χ3v) is 1.18. The molecule has 6 heavy (non-hydrogen) atoms. The third-order valence-electron chi connectivity index (χ3n) is 0.430. The molecule has 0 aliphatic heterocycles. The molecule has 0 heterocycles. The van der Waals surface area contributed by atoms with Crippen molar-refractivity contribution in [3.8, 4) is 0 Å². The SMILES string of the molecule is CCO[CH](C)[PbH]. The molecule has 0 saturated carbocycles. The van der Waals surface area contributed by atoms with Crippen molar-refractivity contribution in [3.63, 3.8) is 0 Å². The number of hydrogen-bond donors (Lipinski definition) is 0. The summed E-state index contributed by atoms with van der Waals surface area (Å²) in [5, 5.41) is 0. The Morgan fingerprint density at radius 2 is 2.33 bits per heavy atom. The van der Waals surface area contributed by atoms with Crippen molar-refractivity contribution in [2.24, 2.45) is 0 Å². The van der Waals surface area contributed by atoms with Gasteiger partial charge in [-0.2, -0.15) is 0 Å². The van der Waals surface area contributed by atoms with E-state index in [1.807, 2.05) is 6.92 Å². The Hall–Kier alpha value is 0.882. The van der Waals surface area contributed by atoms with Crippen molar-refractivity contribution >= 4 is 25.8 Å². The molecule has 0 aliphatic carbocycles. The first-order valence-corrected chi connectivity index (χ1v) is 4.73. The van der Waals surface area contributed by atoms with Crippen molar-refractivity contribution < 1.29 is 4.74 Å². The van der Waals surface area contributed by atoms with Gasteiger partial charge in [-0.3, -0.25) is 0 Å². The Morgan fingerprint density at radius 3 is 2.33 bits per heavy atom. The molecule has 0 amide bonds. The summed E-state index contributed by atoms with van der Waals surface area (Å²) >= 11 is 0.981. The van der Waals surface area contributed by atoms with Crippen LogP contribution in [0.3, 0.4) is 0 Å². The Balaban J connectivity index is 2.63. The number of rotatable bonds is 2. The van der Waals surface area contributed by atoms with Crippen LogP contribution in [-0.2, 0) is 4.74 Å². The molecule has 0 saturated heterocycles. The predicted molar refractivity (Wildman–Crippen MR) is 28.2 cm³/mol. The molecule has 2 radical (unpaired) electrons. The Kier molecular flexibility index (Phi) is 4.65. The normalized spacial score (nSPS) is 14.5. The van der Waals surface area contributed by atoms with E-state index in [9.17, 15) is 0 Å². The Bertz CT molecular complexity index is 28.7. The van der Waals surface area contributed by atoms with Gasteiger partial charge in [0.25, 0.3) is 0 Å². The number of ether oxygens (including phenoxy) is 1. The zero-order chi connectivity index (χ0) is 4.99. The van der Waals surface area contributed by atoms with Crippen LogP contribution in [0.5, 0.6) is 0 Å². The van der Waals surface area contributed by atoms with E-state index in [1.54, 1.807) is 0 Å². The average Bonchev–Trinajstić information content (AvgIpc) is 1.35. The molecule has 2 heteroatoms. The molecule has 0 bridgehead atoms. The first-order chi connectivity index (χ1) is 2.77. The molecule has 0 rings (SSSR count). The van der Waals surface area contributed by atoms with Gasteiger partial charge in [0.15, 0.2) is 0 Å². The summed E-state index contributed by atoms with van der Waals surface area (Å²) in [4.78, 5) is 0. The Morgan fingerprint density at radius 1 is 1.83 bits per heavy atom. The van der Waals surface area contributed by atoms with Crippen LogP contribution < -0.4 is 0 Å². The molecular weight excluding hydrogens is 271 g/mol. The van der Waals surface area contributed by atoms with Gasteiger partial charge < -0.3 is 0 Å². The fraction of sp³-hybridized carbons (Fsp3) is 1.00. The standard InChI is InChI=1S/C4H9O.Pb.H/c1-3-5-4-2;;/h3H,4H2,1-2H3;;. The second-order valence-electron chi connectivity index (χ2n) is 1.16. The molecule has 1 nitrogen and oxygen atoms in total. The van der Waals surface area contributed by atoms with E-state index in [-0.39, 0.29) is 0 Å². The molecule has 0 fully saturated rings. The minimum absolute atomic E-state index is 0.565. The molecule has 0 spiro atoms. The predicted octanol–water partition coefficient (Wildman–Crippen LogP) is 0.270. The van der Waals surface area contributed by atoms with Crippen molar-refractivity contribution in [1.82, 2.24) is 0 Å². The van der Waals surface area contributed by atoms with E-state index in [4.69, 9.17) is 4.74 Å². The van der Waals surface area contributed by atoms with Gasteiger partial charge in [-0.15, -0.1) is 0 Å². The molecule has 0 aromatic heterocycles. The zero-order valence-electron chi connectivity index (χ0n) is 4.27. The summed E-state index contributed by atoms with van der Waals surface area (Å²) in [5.41, 5.74) is 0. The maximum atomic E-state index is 5.12. The summed E-state index contributed by atoms with van der Waals surface area (Å²) in [7, 11) is 0. The van der Waals surface area contributed by atoms with E-state index in [2.05, 4.69) is 6.92 Å². The fourth-order valence-corrected chi connectivity index (χ4v) is 1.01. The van der Waals surface area contributed by atoms with Crippen LogP contribution in [0.2, 0.25) is 0 Å². The van der Waals surface area contributed by atoms with Crippen molar-refractivity contribution in [3.05, 3.63) is 0 Å². The van der Waals surface area contributed by atoms with Gasteiger partial charge in [0, 0.05) is 0 Å². The van der Waals surface area contributed by atoms with Crippen LogP contribution in [0.4, 0.5) is 0 Å². The van der Waals surface area contributed by atoms with Crippen LogP contribution in [-0.4, -0.2) is 36.0 Å². The second kappa shape index (κ2) is 4.05. The first-order valence-electron chi connectivity index (χ1n) is 2.14. The quantitative estimate of drug-likeness (QED) is 0.660. The van der Waals surface area contributed by atoms with Crippen LogP contribution in [0, 0.1) is 0 Å². The van der Waals surface area contributed by atoms with Crippen LogP contribution >= 0.6 is 0 Å². The van der Waals surface area contributed by atoms with Gasteiger partial charge in [0.1, 0.15) is 0 Å². The molecule has 0 aromatic rings. The van der Waals surface area contributed by atoms with Gasteiger partial charge in [0.05, 0.1) is 0 Å². The molecule has 1 atom stereocenters. The summed E-state index contributed by atoms with van der Waals surface area (Å²) in [6, 6.07) is 0. The summed E-state index contributed by atoms with van der Waals surface area (Å²) < 4.78 is 5.68. The van der Waals surface area contributed by atoms with Crippen molar-refractivity contribution in [1.29, 1.82) is 0 Å². The summed E-state index contributed by atoms with van der Waals surface area (Å²) in [6.45, 7) is 5.00. The Labute approximate surface area is 54.8 Å².